The van der Waals surface area contributed by atoms with Gasteiger partial charge in [0.25, 0.3) is 0 Å². The van der Waals surface area contributed by atoms with Gasteiger partial charge in [0.15, 0.2) is 11.6 Å². The Morgan fingerprint density at radius 1 is 1.13 bits per heavy atom. The molecule has 1 aliphatic heterocycles. The molecule has 0 aromatic carbocycles. The first-order chi connectivity index (χ1) is 11.3. The van der Waals surface area contributed by atoms with Crippen LogP contribution in [0.5, 0.6) is 0 Å². The Morgan fingerprint density at radius 2 is 1.87 bits per heavy atom. The number of nitrogens with zero attached hydrogens (tertiary/aromatic N) is 4. The number of piperazine rings is 1. The molecule has 0 radical (unpaired) electrons. The molecule has 1 saturated heterocycles. The molecule has 2 fully saturated rings. The highest BCUT2D eigenvalue weighted by molar-refractivity contribution is 5.91. The number of nitrogens with one attached hydrogen (secondary N) is 1. The number of carbonyl (C=O) groups is 1. The average molecular weight is 317 g/mol. The van der Waals surface area contributed by atoms with Gasteiger partial charge in [-0.05, 0) is 31.5 Å². The van der Waals surface area contributed by atoms with Gasteiger partial charge in [-0.2, -0.15) is 0 Å². The first-order valence-electron chi connectivity index (χ1n) is 8.88. The van der Waals surface area contributed by atoms with Gasteiger partial charge in [0.1, 0.15) is 0 Å². The molecular formula is C17H27N5O. The number of aromatic nitrogens is 2. The fraction of sp³-hybridized carbons (Fsp3) is 0.706. The van der Waals surface area contributed by atoms with E-state index in [2.05, 4.69) is 32.2 Å². The highest BCUT2D eigenvalue weighted by Gasteiger charge is 2.22. The Kier molecular flexibility index (Phi) is 5.43. The summed E-state index contributed by atoms with van der Waals surface area (Å²) in [6, 6.07) is 3.83. The van der Waals surface area contributed by atoms with E-state index < -0.39 is 0 Å². The van der Waals surface area contributed by atoms with Gasteiger partial charge < -0.3 is 15.1 Å². The number of anilines is 2. The van der Waals surface area contributed by atoms with Crippen LogP contribution in [0, 0.1) is 5.92 Å². The molecule has 1 aliphatic carbocycles. The molecule has 0 spiro atoms. The third-order valence-corrected chi connectivity index (χ3v) is 5.02. The number of likely N-dealkylation sites (N-methyl/N-ethyl adjacent to an activating group) is 1. The lowest BCUT2D eigenvalue weighted by atomic mass is 9.89. The van der Waals surface area contributed by atoms with E-state index in [4.69, 9.17) is 0 Å². The molecule has 1 amide bonds. The standard InChI is InChI=1S/C17H27N5O/c1-2-21-10-12-22(13-11-21)16-9-8-15(19-20-16)18-17(23)14-6-4-3-5-7-14/h8-9,14H,2-7,10-13H2,1H3,(H,18,19,23). The minimum absolute atomic E-state index is 0.100. The second-order valence-electron chi connectivity index (χ2n) is 6.52. The molecule has 0 atom stereocenters. The Hall–Kier alpha value is -1.69. The zero-order valence-corrected chi connectivity index (χ0v) is 14.0. The van der Waals surface area contributed by atoms with Gasteiger partial charge in [0.2, 0.25) is 5.91 Å². The minimum Gasteiger partial charge on any atom is -0.353 e. The third kappa shape index (κ3) is 4.19. The van der Waals surface area contributed by atoms with Crippen molar-refractivity contribution in [3.05, 3.63) is 12.1 Å². The normalized spacial score (nSPS) is 20.5. The molecule has 1 saturated carbocycles. The summed E-state index contributed by atoms with van der Waals surface area (Å²) in [6.07, 6.45) is 5.57. The first kappa shape index (κ1) is 16.2. The second-order valence-corrected chi connectivity index (χ2v) is 6.52. The Bertz CT molecular complexity index is 504. The van der Waals surface area contributed by atoms with Crippen molar-refractivity contribution in [3.8, 4) is 0 Å². The Morgan fingerprint density at radius 3 is 2.48 bits per heavy atom. The highest BCUT2D eigenvalue weighted by Crippen LogP contribution is 2.24. The molecule has 1 aromatic heterocycles. The summed E-state index contributed by atoms with van der Waals surface area (Å²) in [5.41, 5.74) is 0. The van der Waals surface area contributed by atoms with Crippen LogP contribution in [0.2, 0.25) is 0 Å². The summed E-state index contributed by atoms with van der Waals surface area (Å²) >= 11 is 0. The summed E-state index contributed by atoms with van der Waals surface area (Å²) < 4.78 is 0. The SMILES string of the molecule is CCN1CCN(c2ccc(NC(=O)C3CCCCC3)nn2)CC1. The number of hydrogen-bond donors (Lipinski definition) is 1. The number of carbonyl (C=O) groups excluding carboxylic acids is 1. The van der Waals surface area contributed by atoms with Gasteiger partial charge in [0, 0.05) is 32.1 Å². The molecule has 126 valence electrons. The molecule has 2 heterocycles. The molecule has 0 unspecified atom stereocenters. The van der Waals surface area contributed by atoms with Gasteiger partial charge in [-0.3, -0.25) is 4.79 Å². The van der Waals surface area contributed by atoms with Gasteiger partial charge in [0.05, 0.1) is 0 Å². The molecule has 6 heteroatoms. The number of hydrogen-bond acceptors (Lipinski definition) is 5. The van der Waals surface area contributed by atoms with E-state index in [-0.39, 0.29) is 11.8 Å². The second kappa shape index (κ2) is 7.73. The zero-order chi connectivity index (χ0) is 16.1. The van der Waals surface area contributed by atoms with E-state index in [9.17, 15) is 4.79 Å². The molecule has 23 heavy (non-hydrogen) atoms. The number of amides is 1. The maximum absolute atomic E-state index is 12.2. The van der Waals surface area contributed by atoms with Crippen molar-refractivity contribution in [2.24, 2.45) is 5.92 Å². The van der Waals surface area contributed by atoms with Crippen molar-refractivity contribution in [1.82, 2.24) is 15.1 Å². The van der Waals surface area contributed by atoms with Crippen molar-refractivity contribution in [2.75, 3.05) is 42.9 Å². The predicted octanol–water partition coefficient (Wildman–Crippen LogP) is 2.14. The number of rotatable bonds is 4. The summed E-state index contributed by atoms with van der Waals surface area (Å²) in [4.78, 5) is 16.9. The van der Waals surface area contributed by atoms with Gasteiger partial charge in [-0.15, -0.1) is 10.2 Å². The van der Waals surface area contributed by atoms with Crippen LogP contribution < -0.4 is 10.2 Å². The minimum atomic E-state index is 0.100. The van der Waals surface area contributed by atoms with Crippen molar-refractivity contribution in [3.63, 3.8) is 0 Å². The lowest BCUT2D eigenvalue weighted by molar-refractivity contribution is -0.120. The quantitative estimate of drug-likeness (QED) is 0.922. The van der Waals surface area contributed by atoms with Crippen LogP contribution in [-0.2, 0) is 4.79 Å². The predicted molar refractivity (Wildman–Crippen MR) is 91.6 cm³/mol. The molecule has 2 aliphatic rings. The maximum atomic E-state index is 12.2. The molecule has 0 bridgehead atoms. The molecule has 3 rings (SSSR count). The van der Waals surface area contributed by atoms with E-state index in [1.54, 1.807) is 0 Å². The fourth-order valence-electron chi connectivity index (χ4n) is 3.45. The van der Waals surface area contributed by atoms with Crippen molar-refractivity contribution < 1.29 is 4.79 Å². The van der Waals surface area contributed by atoms with E-state index in [1.165, 1.54) is 6.42 Å². The van der Waals surface area contributed by atoms with E-state index in [0.29, 0.717) is 5.82 Å². The molecule has 6 nitrogen and oxygen atoms in total. The van der Waals surface area contributed by atoms with Gasteiger partial charge in [-0.1, -0.05) is 26.2 Å². The zero-order valence-electron chi connectivity index (χ0n) is 14.0. The van der Waals surface area contributed by atoms with Crippen LogP contribution >= 0.6 is 0 Å². The average Bonchev–Trinajstić information content (AvgIpc) is 2.63. The van der Waals surface area contributed by atoms with Crippen LogP contribution in [0.15, 0.2) is 12.1 Å². The van der Waals surface area contributed by atoms with E-state index >= 15 is 0 Å². The van der Waals surface area contributed by atoms with Crippen LogP contribution in [-0.4, -0.2) is 53.7 Å². The Labute approximate surface area is 138 Å². The lowest BCUT2D eigenvalue weighted by Crippen LogP contribution is -2.46. The monoisotopic (exact) mass is 317 g/mol. The molecule has 1 N–H and O–H groups in total. The molecule has 1 aromatic rings. The third-order valence-electron chi connectivity index (χ3n) is 5.02. The topological polar surface area (TPSA) is 61.4 Å². The highest BCUT2D eigenvalue weighted by atomic mass is 16.1. The van der Waals surface area contributed by atoms with Crippen LogP contribution in [0.3, 0.4) is 0 Å². The molecular weight excluding hydrogens is 290 g/mol. The van der Waals surface area contributed by atoms with Gasteiger partial charge >= 0.3 is 0 Å². The lowest BCUT2D eigenvalue weighted by Gasteiger charge is -2.34. The van der Waals surface area contributed by atoms with Crippen LogP contribution in [0.1, 0.15) is 39.0 Å². The van der Waals surface area contributed by atoms with Crippen molar-refractivity contribution in [2.45, 2.75) is 39.0 Å². The van der Waals surface area contributed by atoms with Crippen LogP contribution in [0.4, 0.5) is 11.6 Å². The van der Waals surface area contributed by atoms with E-state index in [0.717, 1.165) is 64.2 Å². The maximum Gasteiger partial charge on any atom is 0.228 e. The largest absolute Gasteiger partial charge is 0.353 e. The summed E-state index contributed by atoms with van der Waals surface area (Å²) in [5.74, 6) is 1.71. The van der Waals surface area contributed by atoms with Crippen molar-refractivity contribution >= 4 is 17.5 Å². The van der Waals surface area contributed by atoms with E-state index in [1.807, 2.05) is 12.1 Å². The smallest absolute Gasteiger partial charge is 0.228 e. The van der Waals surface area contributed by atoms with Crippen LogP contribution in [0.25, 0.3) is 0 Å². The Balaban J connectivity index is 1.53. The summed E-state index contributed by atoms with van der Waals surface area (Å²) in [5, 5.41) is 11.4. The first-order valence-corrected chi connectivity index (χ1v) is 8.88. The fourth-order valence-corrected chi connectivity index (χ4v) is 3.45. The summed E-state index contributed by atoms with van der Waals surface area (Å²) in [7, 11) is 0. The van der Waals surface area contributed by atoms with Crippen molar-refractivity contribution in [1.29, 1.82) is 0 Å². The van der Waals surface area contributed by atoms with Gasteiger partial charge in [-0.25, -0.2) is 0 Å². The summed E-state index contributed by atoms with van der Waals surface area (Å²) in [6.45, 7) is 7.40.